The number of carbonyl (C=O) groups is 1. The second-order valence-electron chi connectivity index (χ2n) is 3.67. The van der Waals surface area contributed by atoms with Gasteiger partial charge in [0.05, 0.1) is 21.3 Å². The van der Waals surface area contributed by atoms with Crippen LogP contribution in [-0.2, 0) is 11.3 Å². The van der Waals surface area contributed by atoms with Crippen molar-refractivity contribution in [1.82, 2.24) is 4.98 Å². The van der Waals surface area contributed by atoms with Gasteiger partial charge in [-0.3, -0.25) is 0 Å². The monoisotopic (exact) mass is 282 g/mol. The molecule has 0 aliphatic rings. The van der Waals surface area contributed by atoms with Crippen LogP contribution in [0.2, 0.25) is 5.02 Å². The second-order valence-corrected chi connectivity index (χ2v) is 5.14. The number of halogens is 1. The van der Waals surface area contributed by atoms with Gasteiger partial charge in [-0.15, -0.1) is 11.3 Å². The Morgan fingerprint density at radius 3 is 2.94 bits per heavy atom. The number of aromatic nitrogens is 1. The zero-order valence-electron chi connectivity index (χ0n) is 9.64. The van der Waals surface area contributed by atoms with Gasteiger partial charge in [0.15, 0.2) is 0 Å². The first kappa shape index (κ1) is 12.9. The fourth-order valence-corrected chi connectivity index (χ4v) is 2.25. The van der Waals surface area contributed by atoms with E-state index in [1.54, 1.807) is 12.1 Å². The molecular weight excluding hydrogens is 272 g/mol. The van der Waals surface area contributed by atoms with E-state index in [0.717, 1.165) is 10.7 Å². The maximum atomic E-state index is 11.8. The fourth-order valence-electron chi connectivity index (χ4n) is 1.39. The summed E-state index contributed by atoms with van der Waals surface area (Å²) in [5.74, 6) is -0.481. The molecule has 4 nitrogen and oxygen atoms in total. The molecule has 2 aromatic rings. The summed E-state index contributed by atoms with van der Waals surface area (Å²) in [6.45, 7) is 2.04. The Bertz CT molecular complexity index is 583. The maximum absolute atomic E-state index is 11.8. The van der Waals surface area contributed by atoms with E-state index in [1.807, 2.05) is 12.3 Å². The third-order valence-corrected chi connectivity index (χ3v) is 3.37. The van der Waals surface area contributed by atoms with Crippen LogP contribution in [-0.4, -0.2) is 11.0 Å². The molecule has 1 heterocycles. The van der Waals surface area contributed by atoms with Gasteiger partial charge in [-0.05, 0) is 25.1 Å². The molecule has 6 heteroatoms. The van der Waals surface area contributed by atoms with Gasteiger partial charge in [0.1, 0.15) is 6.61 Å². The van der Waals surface area contributed by atoms with Crippen LogP contribution in [0.3, 0.4) is 0 Å². The van der Waals surface area contributed by atoms with Crippen LogP contribution in [0.5, 0.6) is 0 Å². The number of hydrogen-bond acceptors (Lipinski definition) is 5. The minimum Gasteiger partial charge on any atom is -0.456 e. The number of thiazole rings is 1. The van der Waals surface area contributed by atoms with Crippen LogP contribution in [0.25, 0.3) is 0 Å². The molecule has 0 unspecified atom stereocenters. The normalized spacial score (nSPS) is 10.3. The van der Waals surface area contributed by atoms with Gasteiger partial charge in [0.2, 0.25) is 0 Å². The van der Waals surface area contributed by atoms with Crippen molar-refractivity contribution in [2.75, 3.05) is 5.73 Å². The van der Waals surface area contributed by atoms with Crippen molar-refractivity contribution in [2.45, 2.75) is 13.5 Å². The lowest BCUT2D eigenvalue weighted by Gasteiger charge is -2.05. The van der Waals surface area contributed by atoms with Crippen LogP contribution in [0.15, 0.2) is 23.6 Å². The summed E-state index contributed by atoms with van der Waals surface area (Å²) >= 11 is 7.43. The highest BCUT2D eigenvalue weighted by molar-refractivity contribution is 7.09. The zero-order valence-corrected chi connectivity index (χ0v) is 11.2. The number of nitrogens with two attached hydrogens (primary N) is 1. The second kappa shape index (κ2) is 5.37. The Morgan fingerprint density at radius 1 is 1.56 bits per heavy atom. The number of esters is 1. The molecular formula is C12H11ClN2O2S. The molecule has 0 aliphatic heterocycles. The van der Waals surface area contributed by atoms with Gasteiger partial charge in [0.25, 0.3) is 0 Å². The fraction of sp³-hybridized carbons (Fsp3) is 0.167. The summed E-state index contributed by atoms with van der Waals surface area (Å²) in [7, 11) is 0. The molecule has 2 rings (SSSR count). The first-order chi connectivity index (χ1) is 8.56. The first-order valence-corrected chi connectivity index (χ1v) is 6.45. The highest BCUT2D eigenvalue weighted by atomic mass is 35.5. The van der Waals surface area contributed by atoms with E-state index in [0.29, 0.717) is 11.3 Å². The predicted molar refractivity (Wildman–Crippen MR) is 71.8 cm³/mol. The number of carbonyl (C=O) groups excluding carboxylic acids is 1. The number of ether oxygens (including phenoxy) is 1. The summed E-state index contributed by atoms with van der Waals surface area (Å²) < 4.78 is 5.13. The Hall–Kier alpha value is -1.59. The number of aryl methyl sites for hydroxylation is 1. The largest absolute Gasteiger partial charge is 0.456 e. The molecule has 0 saturated carbocycles. The van der Waals surface area contributed by atoms with E-state index in [2.05, 4.69) is 4.98 Å². The Kier molecular flexibility index (Phi) is 3.84. The highest BCUT2D eigenvalue weighted by Gasteiger charge is 2.12. The number of hydrogen-bond donors (Lipinski definition) is 1. The summed E-state index contributed by atoms with van der Waals surface area (Å²) in [6, 6.07) is 4.67. The number of benzene rings is 1. The molecule has 1 aromatic heterocycles. The van der Waals surface area contributed by atoms with Gasteiger partial charge >= 0.3 is 5.97 Å². The van der Waals surface area contributed by atoms with Crippen LogP contribution in [0, 0.1) is 6.92 Å². The molecule has 0 spiro atoms. The number of nitrogens with zero attached hydrogens (tertiary/aromatic N) is 1. The van der Waals surface area contributed by atoms with Crippen molar-refractivity contribution in [3.63, 3.8) is 0 Å². The summed E-state index contributed by atoms with van der Waals surface area (Å²) in [4.78, 5) is 16.0. The Labute approximate surface area is 113 Å². The van der Waals surface area contributed by atoms with Gasteiger partial charge < -0.3 is 10.5 Å². The lowest BCUT2D eigenvalue weighted by atomic mass is 10.2. The summed E-state index contributed by atoms with van der Waals surface area (Å²) in [5, 5.41) is 3.08. The van der Waals surface area contributed by atoms with Gasteiger partial charge in [-0.25, -0.2) is 9.78 Å². The highest BCUT2D eigenvalue weighted by Crippen LogP contribution is 2.20. The molecule has 0 radical (unpaired) electrons. The van der Waals surface area contributed by atoms with E-state index in [1.165, 1.54) is 17.4 Å². The summed E-state index contributed by atoms with van der Waals surface area (Å²) in [5.41, 5.74) is 7.09. The Morgan fingerprint density at radius 2 is 2.33 bits per heavy atom. The molecule has 94 valence electrons. The maximum Gasteiger partial charge on any atom is 0.340 e. The van der Waals surface area contributed by atoms with Crippen molar-refractivity contribution in [2.24, 2.45) is 0 Å². The van der Waals surface area contributed by atoms with E-state index in [-0.39, 0.29) is 11.6 Å². The van der Waals surface area contributed by atoms with Crippen LogP contribution >= 0.6 is 22.9 Å². The lowest BCUT2D eigenvalue weighted by molar-refractivity contribution is 0.0468. The zero-order chi connectivity index (χ0) is 13.1. The smallest absolute Gasteiger partial charge is 0.340 e. The minimum absolute atomic E-state index is 0.143. The molecule has 0 aliphatic carbocycles. The van der Waals surface area contributed by atoms with Crippen LogP contribution in [0.1, 0.15) is 21.1 Å². The molecule has 0 saturated heterocycles. The summed E-state index contributed by atoms with van der Waals surface area (Å²) in [6.07, 6.45) is 0. The molecule has 1 aromatic carbocycles. The molecule has 2 N–H and O–H groups in total. The SMILES string of the molecule is Cc1nc(COC(=O)c2ccc(N)cc2Cl)cs1. The van der Waals surface area contributed by atoms with Crippen LogP contribution in [0.4, 0.5) is 5.69 Å². The topological polar surface area (TPSA) is 65.2 Å². The first-order valence-electron chi connectivity index (χ1n) is 5.19. The van der Waals surface area contributed by atoms with E-state index >= 15 is 0 Å². The predicted octanol–water partition coefficient (Wildman–Crippen LogP) is 3.04. The molecule has 18 heavy (non-hydrogen) atoms. The third kappa shape index (κ3) is 3.00. The minimum atomic E-state index is -0.481. The molecule has 0 bridgehead atoms. The third-order valence-electron chi connectivity index (χ3n) is 2.23. The number of rotatable bonds is 3. The van der Waals surface area contributed by atoms with E-state index < -0.39 is 5.97 Å². The average Bonchev–Trinajstić information content (AvgIpc) is 2.72. The van der Waals surface area contributed by atoms with E-state index in [9.17, 15) is 4.79 Å². The molecule has 0 atom stereocenters. The lowest BCUT2D eigenvalue weighted by Crippen LogP contribution is -2.06. The Balaban J connectivity index is 2.03. The van der Waals surface area contributed by atoms with Crippen molar-refractivity contribution in [1.29, 1.82) is 0 Å². The number of nitrogen functional groups attached to an aromatic ring is 1. The standard InChI is InChI=1S/C12H11ClN2O2S/c1-7-15-9(6-18-7)5-17-12(16)10-3-2-8(14)4-11(10)13/h2-4,6H,5,14H2,1H3. The van der Waals surface area contributed by atoms with E-state index in [4.69, 9.17) is 22.1 Å². The molecule has 0 fully saturated rings. The number of anilines is 1. The van der Waals surface area contributed by atoms with Crippen molar-refractivity contribution < 1.29 is 9.53 Å². The van der Waals surface area contributed by atoms with Gasteiger partial charge in [-0.2, -0.15) is 0 Å². The van der Waals surface area contributed by atoms with Gasteiger partial charge in [0, 0.05) is 11.1 Å². The van der Waals surface area contributed by atoms with Crippen molar-refractivity contribution in [3.8, 4) is 0 Å². The van der Waals surface area contributed by atoms with Crippen LogP contribution < -0.4 is 5.73 Å². The average molecular weight is 283 g/mol. The molecule has 0 amide bonds. The van der Waals surface area contributed by atoms with Crippen molar-refractivity contribution in [3.05, 3.63) is 44.9 Å². The quantitative estimate of drug-likeness (QED) is 0.694. The van der Waals surface area contributed by atoms with Crippen molar-refractivity contribution >= 4 is 34.6 Å². The van der Waals surface area contributed by atoms with Gasteiger partial charge in [-0.1, -0.05) is 11.6 Å².